The number of amides is 2. The lowest BCUT2D eigenvalue weighted by molar-refractivity contribution is -0.143. The van der Waals surface area contributed by atoms with Gasteiger partial charge in [-0.2, -0.15) is 0 Å². The summed E-state index contributed by atoms with van der Waals surface area (Å²) in [5, 5.41) is 3.44. The van der Waals surface area contributed by atoms with Gasteiger partial charge in [0.25, 0.3) is 5.91 Å². The minimum absolute atomic E-state index is 0.0438. The van der Waals surface area contributed by atoms with Crippen molar-refractivity contribution in [3.63, 3.8) is 0 Å². The largest absolute Gasteiger partial charge is 0.482 e. The lowest BCUT2D eigenvalue weighted by Gasteiger charge is -2.31. The molecule has 0 spiro atoms. The predicted molar refractivity (Wildman–Crippen MR) is 121 cm³/mol. The molecular weight excluding hydrogens is 400 g/mol. The fourth-order valence-corrected chi connectivity index (χ4v) is 3.23. The third kappa shape index (κ3) is 6.77. The van der Waals surface area contributed by atoms with Crippen LogP contribution in [0, 0.1) is 6.92 Å². The Morgan fingerprint density at radius 1 is 1.07 bits per heavy atom. The summed E-state index contributed by atoms with van der Waals surface area (Å²) in [6.45, 7) is 8.03. The summed E-state index contributed by atoms with van der Waals surface area (Å²) < 4.78 is 5.66. The van der Waals surface area contributed by atoms with Crippen LogP contribution < -0.4 is 10.1 Å². The number of nitrogens with one attached hydrogen (secondary N) is 1. The topological polar surface area (TPSA) is 58.6 Å². The molecule has 0 fully saturated rings. The monoisotopic (exact) mass is 430 g/mol. The summed E-state index contributed by atoms with van der Waals surface area (Å²) in [7, 11) is 0. The number of carbonyl (C=O) groups is 2. The van der Waals surface area contributed by atoms with Gasteiger partial charge in [0, 0.05) is 12.6 Å². The van der Waals surface area contributed by atoms with E-state index >= 15 is 0 Å². The molecule has 0 bridgehead atoms. The SMILES string of the molecule is CC[C@@H](C)NC(=O)[C@H](CC)N(Cc1ccc(C)cc1)C(=O)COc1ccccc1Cl. The van der Waals surface area contributed by atoms with Crippen molar-refractivity contribution in [3.8, 4) is 5.75 Å². The molecule has 2 amide bonds. The number of halogens is 1. The van der Waals surface area contributed by atoms with Crippen LogP contribution in [-0.4, -0.2) is 35.4 Å². The van der Waals surface area contributed by atoms with Crippen LogP contribution in [0.15, 0.2) is 48.5 Å². The second kappa shape index (κ2) is 11.6. The highest BCUT2D eigenvalue weighted by molar-refractivity contribution is 6.32. The molecule has 1 N–H and O–H groups in total. The van der Waals surface area contributed by atoms with E-state index < -0.39 is 6.04 Å². The Bertz CT molecular complexity index is 839. The van der Waals surface area contributed by atoms with Gasteiger partial charge in [0.1, 0.15) is 11.8 Å². The Kier molecular flexibility index (Phi) is 9.18. The molecule has 0 saturated carbocycles. The summed E-state index contributed by atoms with van der Waals surface area (Å²) in [6.07, 6.45) is 1.33. The van der Waals surface area contributed by atoms with Gasteiger partial charge in [0.2, 0.25) is 5.91 Å². The molecule has 0 saturated heterocycles. The Morgan fingerprint density at radius 3 is 2.33 bits per heavy atom. The van der Waals surface area contributed by atoms with Crippen molar-refractivity contribution in [2.75, 3.05) is 6.61 Å². The predicted octanol–water partition coefficient (Wildman–Crippen LogP) is 4.75. The summed E-state index contributed by atoms with van der Waals surface area (Å²) in [6, 6.07) is 14.4. The van der Waals surface area contributed by atoms with Crippen LogP contribution in [0.1, 0.15) is 44.7 Å². The molecule has 5 nitrogen and oxygen atoms in total. The number of nitrogens with zero attached hydrogens (tertiary/aromatic N) is 1. The van der Waals surface area contributed by atoms with Crippen LogP contribution in [0.5, 0.6) is 5.75 Å². The summed E-state index contributed by atoms with van der Waals surface area (Å²) in [5.74, 6) is 0.0339. The van der Waals surface area contributed by atoms with Crippen molar-refractivity contribution in [2.45, 2.75) is 59.2 Å². The quantitative estimate of drug-likeness (QED) is 0.591. The maximum absolute atomic E-state index is 13.1. The molecule has 0 unspecified atom stereocenters. The van der Waals surface area contributed by atoms with Gasteiger partial charge in [-0.3, -0.25) is 9.59 Å². The third-order valence-corrected chi connectivity index (χ3v) is 5.36. The standard InChI is InChI=1S/C24H31ClN2O3/c1-5-18(4)26-24(29)21(6-2)27(15-19-13-11-17(3)12-14-19)23(28)16-30-22-10-8-7-9-20(22)25/h7-14,18,21H,5-6,15-16H2,1-4H3,(H,26,29)/t18-,21+/m1/s1. The van der Waals surface area contributed by atoms with Crippen LogP contribution in [0.3, 0.4) is 0 Å². The van der Waals surface area contributed by atoms with Crippen LogP contribution in [-0.2, 0) is 16.1 Å². The maximum atomic E-state index is 13.1. The minimum Gasteiger partial charge on any atom is -0.482 e. The van der Waals surface area contributed by atoms with Crippen molar-refractivity contribution in [1.82, 2.24) is 10.2 Å². The molecular formula is C24H31ClN2O3. The highest BCUT2D eigenvalue weighted by atomic mass is 35.5. The van der Waals surface area contributed by atoms with Crippen LogP contribution >= 0.6 is 11.6 Å². The van der Waals surface area contributed by atoms with Crippen molar-refractivity contribution >= 4 is 23.4 Å². The molecule has 30 heavy (non-hydrogen) atoms. The molecule has 2 atom stereocenters. The molecule has 162 valence electrons. The number of para-hydroxylation sites is 1. The van der Waals surface area contributed by atoms with E-state index in [0.717, 1.165) is 17.5 Å². The number of carbonyl (C=O) groups excluding carboxylic acids is 2. The Morgan fingerprint density at radius 2 is 1.73 bits per heavy atom. The van der Waals surface area contributed by atoms with Gasteiger partial charge in [0.15, 0.2) is 6.61 Å². The Balaban J connectivity index is 2.21. The van der Waals surface area contributed by atoms with E-state index in [1.807, 2.05) is 52.0 Å². The Labute approximate surface area is 184 Å². The first-order valence-corrected chi connectivity index (χ1v) is 10.8. The van der Waals surface area contributed by atoms with Gasteiger partial charge in [-0.05, 0) is 44.4 Å². The van der Waals surface area contributed by atoms with Gasteiger partial charge in [-0.15, -0.1) is 0 Å². The maximum Gasteiger partial charge on any atom is 0.261 e. The first-order valence-electron chi connectivity index (χ1n) is 10.4. The third-order valence-electron chi connectivity index (χ3n) is 5.05. The second-order valence-electron chi connectivity index (χ2n) is 7.47. The summed E-state index contributed by atoms with van der Waals surface area (Å²) in [5.41, 5.74) is 2.10. The molecule has 0 aliphatic carbocycles. The number of benzene rings is 2. The Hall–Kier alpha value is -2.53. The van der Waals surface area contributed by atoms with E-state index in [-0.39, 0.29) is 24.5 Å². The smallest absolute Gasteiger partial charge is 0.261 e. The van der Waals surface area contributed by atoms with Gasteiger partial charge in [0.05, 0.1) is 5.02 Å². The summed E-state index contributed by atoms with van der Waals surface area (Å²) in [4.78, 5) is 27.6. The van der Waals surface area contributed by atoms with Crippen molar-refractivity contribution < 1.29 is 14.3 Å². The van der Waals surface area contributed by atoms with E-state index in [9.17, 15) is 9.59 Å². The molecule has 0 aromatic heterocycles. The molecule has 2 aromatic rings. The molecule has 0 heterocycles. The lowest BCUT2D eigenvalue weighted by atomic mass is 10.1. The van der Waals surface area contributed by atoms with Crippen molar-refractivity contribution in [3.05, 3.63) is 64.7 Å². The average Bonchev–Trinajstić information content (AvgIpc) is 2.74. The second-order valence-corrected chi connectivity index (χ2v) is 7.88. The van der Waals surface area contributed by atoms with Gasteiger partial charge >= 0.3 is 0 Å². The molecule has 2 rings (SSSR count). The fourth-order valence-electron chi connectivity index (χ4n) is 3.03. The van der Waals surface area contributed by atoms with E-state index in [4.69, 9.17) is 16.3 Å². The van der Waals surface area contributed by atoms with Gasteiger partial charge in [-0.1, -0.05) is 67.4 Å². The zero-order valence-corrected chi connectivity index (χ0v) is 18.9. The number of hydrogen-bond acceptors (Lipinski definition) is 3. The van der Waals surface area contributed by atoms with Crippen LogP contribution in [0.4, 0.5) is 0 Å². The van der Waals surface area contributed by atoms with Crippen LogP contribution in [0.2, 0.25) is 5.02 Å². The van der Waals surface area contributed by atoms with Gasteiger partial charge < -0.3 is 15.0 Å². The number of aryl methyl sites for hydroxylation is 1. The number of hydrogen-bond donors (Lipinski definition) is 1. The molecule has 0 aliphatic heterocycles. The lowest BCUT2D eigenvalue weighted by Crippen LogP contribution is -2.51. The van der Waals surface area contributed by atoms with Gasteiger partial charge in [-0.25, -0.2) is 0 Å². The van der Waals surface area contributed by atoms with E-state index in [0.29, 0.717) is 23.7 Å². The summed E-state index contributed by atoms with van der Waals surface area (Å²) >= 11 is 6.13. The van der Waals surface area contributed by atoms with E-state index in [2.05, 4.69) is 5.32 Å². The van der Waals surface area contributed by atoms with Crippen molar-refractivity contribution in [1.29, 1.82) is 0 Å². The van der Waals surface area contributed by atoms with E-state index in [1.165, 1.54) is 0 Å². The zero-order valence-electron chi connectivity index (χ0n) is 18.2. The zero-order chi connectivity index (χ0) is 22.1. The first-order chi connectivity index (χ1) is 14.3. The number of ether oxygens (including phenoxy) is 1. The molecule has 0 aliphatic rings. The highest BCUT2D eigenvalue weighted by Gasteiger charge is 2.29. The molecule has 6 heteroatoms. The van der Waals surface area contributed by atoms with Crippen LogP contribution in [0.25, 0.3) is 0 Å². The normalized spacial score (nSPS) is 12.7. The highest BCUT2D eigenvalue weighted by Crippen LogP contribution is 2.23. The molecule has 0 radical (unpaired) electrons. The fraction of sp³-hybridized carbons (Fsp3) is 0.417. The molecule has 2 aromatic carbocycles. The average molecular weight is 431 g/mol. The minimum atomic E-state index is -0.581. The van der Waals surface area contributed by atoms with Crippen molar-refractivity contribution in [2.24, 2.45) is 0 Å². The first kappa shape index (κ1) is 23.7. The number of rotatable bonds is 10. The van der Waals surface area contributed by atoms with E-state index in [1.54, 1.807) is 29.2 Å².